The van der Waals surface area contributed by atoms with Crippen LogP contribution in [-0.2, 0) is 10.1 Å². The molecule has 32 heavy (non-hydrogen) atoms. The summed E-state index contributed by atoms with van der Waals surface area (Å²) < 4.78 is 112. The summed E-state index contributed by atoms with van der Waals surface area (Å²) in [6.45, 7) is 0. The zero-order chi connectivity index (χ0) is 23.9. The van der Waals surface area contributed by atoms with Gasteiger partial charge in [-0.05, 0) is 42.5 Å². The standard InChI is InChI=1S/C17H10F6N2O6S/c1-29-11-6-7-12-13(8-11)14(31-32(27,28)17(21,22)23)24-25(15(12)26)9-2-4-10(5-3-9)30-16(18,19)20/h2-8H,1H3. The lowest BCUT2D eigenvalue weighted by molar-refractivity contribution is -0.274. The summed E-state index contributed by atoms with van der Waals surface area (Å²) in [6, 6.07) is 6.98. The van der Waals surface area contributed by atoms with Crippen LogP contribution in [0.15, 0.2) is 47.3 Å². The molecule has 0 aliphatic heterocycles. The van der Waals surface area contributed by atoms with Gasteiger partial charge in [0.1, 0.15) is 11.5 Å². The molecule has 0 unspecified atom stereocenters. The summed E-state index contributed by atoms with van der Waals surface area (Å²) in [5, 5.41) is 2.82. The number of benzene rings is 2. The van der Waals surface area contributed by atoms with Gasteiger partial charge < -0.3 is 13.7 Å². The van der Waals surface area contributed by atoms with E-state index in [0.29, 0.717) is 4.68 Å². The summed E-state index contributed by atoms with van der Waals surface area (Å²) in [4.78, 5) is 12.8. The zero-order valence-electron chi connectivity index (χ0n) is 15.6. The molecule has 0 radical (unpaired) electrons. The van der Waals surface area contributed by atoms with Crippen molar-refractivity contribution in [3.8, 4) is 23.1 Å². The number of hydrogen-bond acceptors (Lipinski definition) is 7. The first kappa shape index (κ1) is 23.2. The van der Waals surface area contributed by atoms with Crippen LogP contribution in [0.25, 0.3) is 16.5 Å². The second kappa shape index (κ2) is 7.89. The van der Waals surface area contributed by atoms with Gasteiger partial charge in [-0.1, -0.05) is 0 Å². The van der Waals surface area contributed by atoms with E-state index in [9.17, 15) is 39.6 Å². The number of fused-ring (bicyclic) bond motifs is 1. The van der Waals surface area contributed by atoms with Gasteiger partial charge in [-0.3, -0.25) is 4.79 Å². The van der Waals surface area contributed by atoms with Crippen LogP contribution in [0, 0.1) is 0 Å². The van der Waals surface area contributed by atoms with E-state index in [1.165, 1.54) is 13.2 Å². The average Bonchev–Trinajstić information content (AvgIpc) is 2.68. The van der Waals surface area contributed by atoms with E-state index in [-0.39, 0.29) is 16.8 Å². The summed E-state index contributed by atoms with van der Waals surface area (Å²) >= 11 is 0. The Labute approximate surface area is 174 Å². The fourth-order valence-corrected chi connectivity index (χ4v) is 2.92. The Balaban J connectivity index is 2.20. The SMILES string of the molecule is COc1ccc2c(=O)n(-c3ccc(OC(F)(F)F)cc3)nc(OS(=O)(=O)C(F)(F)F)c2c1. The van der Waals surface area contributed by atoms with Crippen LogP contribution >= 0.6 is 0 Å². The van der Waals surface area contributed by atoms with Crippen LogP contribution in [0.5, 0.6) is 17.4 Å². The number of methoxy groups -OCH3 is 1. The van der Waals surface area contributed by atoms with Crippen LogP contribution < -0.4 is 19.2 Å². The number of hydrogen-bond donors (Lipinski definition) is 0. The van der Waals surface area contributed by atoms with Gasteiger partial charge in [-0.25, -0.2) is 0 Å². The van der Waals surface area contributed by atoms with E-state index < -0.39 is 44.6 Å². The summed E-state index contributed by atoms with van der Waals surface area (Å²) in [5.41, 5.74) is -6.93. The smallest absolute Gasteiger partial charge is 0.497 e. The molecule has 0 aliphatic carbocycles. The molecule has 1 heterocycles. The Bertz CT molecular complexity index is 1320. The largest absolute Gasteiger partial charge is 0.573 e. The summed E-state index contributed by atoms with van der Waals surface area (Å²) in [6.07, 6.45) is -4.98. The molecular weight excluding hydrogens is 474 g/mol. The lowest BCUT2D eigenvalue weighted by Gasteiger charge is -2.14. The fraction of sp³-hybridized carbons (Fsp3) is 0.176. The van der Waals surface area contributed by atoms with Gasteiger partial charge in [-0.15, -0.1) is 18.3 Å². The topological polar surface area (TPSA) is 96.7 Å². The second-order valence-corrected chi connectivity index (χ2v) is 7.50. The highest BCUT2D eigenvalue weighted by Gasteiger charge is 2.49. The number of rotatable bonds is 5. The molecule has 1 aromatic heterocycles. The van der Waals surface area contributed by atoms with Crippen molar-refractivity contribution in [3.05, 3.63) is 52.8 Å². The molecule has 15 heteroatoms. The van der Waals surface area contributed by atoms with Crippen LogP contribution in [0.1, 0.15) is 0 Å². The molecule has 8 nitrogen and oxygen atoms in total. The molecule has 0 atom stereocenters. The zero-order valence-corrected chi connectivity index (χ0v) is 16.4. The number of aromatic nitrogens is 2. The lowest BCUT2D eigenvalue weighted by atomic mass is 10.2. The Morgan fingerprint density at radius 2 is 1.50 bits per heavy atom. The third-order valence-electron chi connectivity index (χ3n) is 3.86. The molecule has 172 valence electrons. The van der Waals surface area contributed by atoms with Gasteiger partial charge in [-0.2, -0.15) is 26.3 Å². The monoisotopic (exact) mass is 484 g/mol. The molecule has 3 rings (SSSR count). The molecule has 0 N–H and O–H groups in total. The normalized spacial score (nSPS) is 12.6. The van der Waals surface area contributed by atoms with E-state index in [4.69, 9.17) is 4.74 Å². The molecule has 0 amide bonds. The minimum atomic E-state index is -6.16. The third kappa shape index (κ3) is 4.71. The minimum absolute atomic E-state index is 0.0550. The molecular formula is C17H10F6N2O6S. The van der Waals surface area contributed by atoms with Crippen molar-refractivity contribution >= 4 is 20.9 Å². The summed E-state index contributed by atoms with van der Waals surface area (Å²) in [7, 11) is -4.95. The van der Waals surface area contributed by atoms with Crippen molar-refractivity contribution in [2.45, 2.75) is 11.9 Å². The number of nitrogens with zero attached hydrogens (tertiary/aromatic N) is 2. The minimum Gasteiger partial charge on any atom is -0.497 e. The summed E-state index contributed by atoms with van der Waals surface area (Å²) in [5.74, 6) is -1.69. The predicted molar refractivity (Wildman–Crippen MR) is 96.2 cm³/mol. The van der Waals surface area contributed by atoms with Crippen molar-refractivity contribution in [1.82, 2.24) is 9.78 Å². The average molecular weight is 484 g/mol. The van der Waals surface area contributed by atoms with Crippen molar-refractivity contribution < 1.29 is 48.4 Å². The molecule has 0 bridgehead atoms. The van der Waals surface area contributed by atoms with E-state index in [1.807, 2.05) is 0 Å². The van der Waals surface area contributed by atoms with E-state index in [2.05, 4.69) is 14.0 Å². The highest BCUT2D eigenvalue weighted by atomic mass is 32.2. The van der Waals surface area contributed by atoms with Crippen LogP contribution in [0.2, 0.25) is 0 Å². The second-order valence-electron chi connectivity index (χ2n) is 5.96. The van der Waals surface area contributed by atoms with Crippen LogP contribution in [-0.4, -0.2) is 37.2 Å². The highest BCUT2D eigenvalue weighted by molar-refractivity contribution is 7.88. The fourth-order valence-electron chi connectivity index (χ4n) is 2.49. The Hall–Kier alpha value is -3.49. The number of halogens is 6. The predicted octanol–water partition coefficient (Wildman–Crippen LogP) is 3.52. The molecule has 0 saturated carbocycles. The van der Waals surface area contributed by atoms with E-state index in [0.717, 1.165) is 36.4 Å². The quantitative estimate of drug-likeness (QED) is 0.311. The van der Waals surface area contributed by atoms with E-state index in [1.54, 1.807) is 0 Å². The Kier molecular flexibility index (Phi) is 5.71. The van der Waals surface area contributed by atoms with Gasteiger partial charge in [0.05, 0.1) is 23.6 Å². The van der Waals surface area contributed by atoms with Gasteiger partial charge in [0.25, 0.3) is 11.4 Å². The Morgan fingerprint density at radius 1 is 0.906 bits per heavy atom. The maximum atomic E-state index is 12.8. The van der Waals surface area contributed by atoms with Crippen molar-refractivity contribution in [2.24, 2.45) is 0 Å². The molecule has 0 saturated heterocycles. The highest BCUT2D eigenvalue weighted by Crippen LogP contribution is 2.31. The Morgan fingerprint density at radius 3 is 2.03 bits per heavy atom. The maximum Gasteiger partial charge on any atom is 0.573 e. The van der Waals surface area contributed by atoms with Crippen molar-refractivity contribution in [2.75, 3.05) is 7.11 Å². The van der Waals surface area contributed by atoms with Crippen LogP contribution in [0.4, 0.5) is 26.3 Å². The first-order valence-electron chi connectivity index (χ1n) is 8.20. The first-order valence-corrected chi connectivity index (χ1v) is 9.61. The maximum absolute atomic E-state index is 12.8. The van der Waals surface area contributed by atoms with Crippen molar-refractivity contribution in [3.63, 3.8) is 0 Å². The van der Waals surface area contributed by atoms with Crippen LogP contribution in [0.3, 0.4) is 0 Å². The van der Waals surface area contributed by atoms with Gasteiger partial charge >= 0.3 is 22.0 Å². The third-order valence-corrected chi connectivity index (χ3v) is 4.80. The molecule has 0 fully saturated rings. The molecule has 0 spiro atoms. The van der Waals surface area contributed by atoms with Crippen molar-refractivity contribution in [1.29, 1.82) is 0 Å². The molecule has 2 aromatic carbocycles. The van der Waals surface area contributed by atoms with Gasteiger partial charge in [0.15, 0.2) is 0 Å². The molecule has 0 aliphatic rings. The number of ether oxygens (including phenoxy) is 2. The number of alkyl halides is 6. The van der Waals surface area contributed by atoms with E-state index >= 15 is 0 Å². The lowest BCUT2D eigenvalue weighted by Crippen LogP contribution is -2.30. The first-order chi connectivity index (χ1) is 14.7. The molecule has 3 aromatic rings. The van der Waals surface area contributed by atoms with Gasteiger partial charge in [0, 0.05) is 0 Å². The van der Waals surface area contributed by atoms with Gasteiger partial charge in [0.2, 0.25) is 0 Å².